The van der Waals surface area contributed by atoms with Crippen molar-refractivity contribution in [1.29, 1.82) is 0 Å². The van der Waals surface area contributed by atoms with Crippen LogP contribution in [-0.2, 0) is 4.79 Å². The minimum atomic E-state index is -10.9. The third-order valence-corrected chi connectivity index (χ3v) is 11.3. The quantitative estimate of drug-likeness (QED) is 0.0571. The summed E-state index contributed by atoms with van der Waals surface area (Å²) in [5, 5.41) is 1.13. The molecule has 0 saturated heterocycles. The molecular formula is C35H13F47N2O2. The van der Waals surface area contributed by atoms with Crippen LogP contribution < -0.4 is 5.32 Å². The van der Waals surface area contributed by atoms with Crippen LogP contribution in [0.1, 0.15) is 29.3 Å². The summed E-state index contributed by atoms with van der Waals surface area (Å²) in [5.74, 6) is -226. The molecule has 0 aliphatic carbocycles. The largest absolute Gasteiger partial charge is 0.460 e. The number of rotatable bonds is 26. The van der Waals surface area contributed by atoms with E-state index < -0.39 is 172 Å². The zero-order valence-electron chi connectivity index (χ0n) is 38.5. The van der Waals surface area contributed by atoms with E-state index in [1.54, 1.807) is 0 Å². The van der Waals surface area contributed by atoms with Gasteiger partial charge in [-0.05, 0) is 37.6 Å². The first-order valence-corrected chi connectivity index (χ1v) is 19.6. The predicted molar refractivity (Wildman–Crippen MR) is 175 cm³/mol. The number of isocyanates is 1. The van der Waals surface area contributed by atoms with Crippen molar-refractivity contribution < 1.29 is 216 Å². The molecule has 1 N–H and O–H groups in total. The predicted octanol–water partition coefficient (Wildman–Crippen LogP) is 17.0. The molecule has 1 rings (SSSR count). The van der Waals surface area contributed by atoms with Gasteiger partial charge in [-0.25, -0.2) is 4.79 Å². The van der Waals surface area contributed by atoms with E-state index in [1.165, 1.54) is 0 Å². The lowest BCUT2D eigenvalue weighted by atomic mass is 9.81. The van der Waals surface area contributed by atoms with Crippen LogP contribution in [0.15, 0.2) is 23.2 Å². The minimum Gasteiger partial charge on any atom is -0.349 e. The van der Waals surface area contributed by atoms with Gasteiger partial charge in [-0.3, -0.25) is 4.79 Å². The van der Waals surface area contributed by atoms with E-state index >= 15 is 0 Å². The molecule has 0 aliphatic rings. The van der Waals surface area contributed by atoms with Crippen molar-refractivity contribution in [3.8, 4) is 0 Å². The second-order valence-electron chi connectivity index (χ2n) is 17.0. The van der Waals surface area contributed by atoms with Crippen LogP contribution in [0.3, 0.4) is 0 Å². The van der Waals surface area contributed by atoms with Crippen LogP contribution in [0, 0.1) is 6.92 Å². The summed E-state index contributed by atoms with van der Waals surface area (Å²) < 4.78 is 659. The number of carbonyl (C=O) groups excluding carboxylic acids is 2. The third kappa shape index (κ3) is 9.69. The van der Waals surface area contributed by atoms with Gasteiger partial charge in [0.15, 0.2) is 0 Å². The molecular weight excluding hydrogens is 1370 g/mol. The van der Waals surface area contributed by atoms with Crippen molar-refractivity contribution in [3.63, 3.8) is 0 Å². The van der Waals surface area contributed by atoms with Gasteiger partial charge in [-0.2, -0.15) is 211 Å². The smallest absolute Gasteiger partial charge is 0.349 e. The van der Waals surface area contributed by atoms with E-state index in [4.69, 9.17) is 0 Å². The molecule has 1 amide bonds. The van der Waals surface area contributed by atoms with E-state index in [0.717, 1.165) is 24.4 Å². The van der Waals surface area contributed by atoms with Crippen LogP contribution in [0.25, 0.3) is 0 Å². The Hall–Kier alpha value is -5.22. The summed E-state index contributed by atoms with van der Waals surface area (Å²) in [4.78, 5) is 25.6. The fourth-order valence-corrected chi connectivity index (χ4v) is 6.04. The van der Waals surface area contributed by atoms with Gasteiger partial charge in [-0.15, -0.1) is 0 Å². The van der Waals surface area contributed by atoms with Gasteiger partial charge < -0.3 is 5.32 Å². The molecule has 1 unspecified atom stereocenters. The fraction of sp³-hybridized carbons (Fsp3) is 0.771. The maximum atomic E-state index is 14.6. The molecule has 0 bridgehead atoms. The van der Waals surface area contributed by atoms with Crippen LogP contribution in [0.2, 0.25) is 0 Å². The Morgan fingerprint density at radius 3 is 0.744 bits per heavy atom. The van der Waals surface area contributed by atoms with Crippen LogP contribution in [-0.4, -0.2) is 155 Å². The zero-order chi connectivity index (χ0) is 70.3. The highest BCUT2D eigenvalue weighted by Crippen LogP contribution is 2.72. The molecule has 0 fully saturated rings. The summed E-state index contributed by atoms with van der Waals surface area (Å²) >= 11 is 0. The maximum Gasteiger partial charge on any atom is 0.460 e. The minimum absolute atomic E-state index is 0.0866. The number of hydrogen-bond donors (Lipinski definition) is 1. The lowest BCUT2D eigenvalue weighted by Gasteiger charge is -2.47. The number of hydrogen-bond acceptors (Lipinski definition) is 3. The molecule has 1 aromatic carbocycles. The topological polar surface area (TPSA) is 58.5 Å². The van der Waals surface area contributed by atoms with E-state index in [2.05, 4.69) is 4.99 Å². The third-order valence-electron chi connectivity index (χ3n) is 11.3. The van der Waals surface area contributed by atoms with Gasteiger partial charge in [0.25, 0.3) is 5.91 Å². The van der Waals surface area contributed by atoms with Crippen LogP contribution in [0.4, 0.5) is 212 Å². The molecule has 4 nitrogen and oxygen atoms in total. The van der Waals surface area contributed by atoms with E-state index in [-0.39, 0.29) is 6.92 Å². The fourth-order valence-electron chi connectivity index (χ4n) is 6.04. The molecule has 1 atom stereocenters. The van der Waals surface area contributed by atoms with Crippen LogP contribution in [0.5, 0.6) is 0 Å². The number of carbonyl (C=O) groups is 1. The molecule has 504 valence electrons. The van der Waals surface area contributed by atoms with Crippen molar-refractivity contribution in [2.75, 3.05) is 0 Å². The number of nitrogens with one attached hydrogen (secondary N) is 1. The molecule has 1 aromatic rings. The molecule has 0 spiro atoms. The summed E-state index contributed by atoms with van der Waals surface area (Å²) in [6.07, 6.45) is -11.2. The first-order chi connectivity index (χ1) is 36.7. The van der Waals surface area contributed by atoms with E-state index in [1.807, 2.05) is 0 Å². The van der Waals surface area contributed by atoms with Gasteiger partial charge in [0, 0.05) is 18.0 Å². The second kappa shape index (κ2) is 20.7. The maximum absolute atomic E-state index is 14.6. The Bertz CT molecular complexity index is 2710. The zero-order valence-corrected chi connectivity index (χ0v) is 38.5. The van der Waals surface area contributed by atoms with Crippen LogP contribution >= 0.6 is 0 Å². The van der Waals surface area contributed by atoms with E-state index in [0.29, 0.717) is 12.1 Å². The number of aryl methyl sites for hydroxylation is 1. The summed E-state index contributed by atoms with van der Waals surface area (Å²) in [7, 11) is 0. The van der Waals surface area contributed by atoms with Gasteiger partial charge in [0.2, 0.25) is 6.08 Å². The highest BCUT2D eigenvalue weighted by Gasteiger charge is 3.04. The molecule has 0 radical (unpaired) electrons. The second-order valence-corrected chi connectivity index (χ2v) is 17.0. The summed E-state index contributed by atoms with van der Waals surface area (Å²) in [6, 6.07) is -1.09. The van der Waals surface area contributed by atoms with Gasteiger partial charge in [0.05, 0.1) is 5.69 Å². The molecule has 0 aliphatic heterocycles. The Morgan fingerprint density at radius 1 is 0.360 bits per heavy atom. The molecule has 0 heterocycles. The first kappa shape index (κ1) is 78.8. The summed E-state index contributed by atoms with van der Waals surface area (Å²) in [5.41, 5.74) is -1.67. The number of halogens is 47. The highest BCUT2D eigenvalue weighted by atomic mass is 19.4. The first-order valence-electron chi connectivity index (χ1n) is 19.6. The summed E-state index contributed by atoms with van der Waals surface area (Å²) in [6.45, 7) is 0.768. The average molecular weight is 1390 g/mol. The van der Waals surface area contributed by atoms with Crippen molar-refractivity contribution in [2.24, 2.45) is 4.99 Å². The molecule has 0 aromatic heterocycles. The Labute approximate surface area is 437 Å². The SMILES string of the molecule is Cc1cc(N=C=O)ccc1C(=O)NC(C)CC(F)(F)C(F)(F)C(F)(F)C(F)(F)C(F)(F)C(F)(F)C(F)(F)C(F)(F)C(F)(F)C(F)(F)C(F)(F)C(F)(F)C(F)(F)C(F)(F)C(F)(F)C(F)(F)C(F)(F)C(F)(F)C(F)(F)C(F)(F)C(F)(F)C(F)(F)C(F)(F)F. The Morgan fingerprint density at radius 2 is 0.558 bits per heavy atom. The average Bonchev–Trinajstić information content (AvgIpc) is 3.29. The molecule has 51 heteroatoms. The normalized spacial score (nSPS) is 16.7. The highest BCUT2D eigenvalue weighted by molar-refractivity contribution is 5.96. The number of alkyl halides is 47. The number of nitrogens with zero attached hydrogens (tertiary/aromatic N) is 1. The number of amides is 1. The van der Waals surface area contributed by atoms with Crippen molar-refractivity contribution in [1.82, 2.24) is 5.32 Å². The lowest BCUT2D eigenvalue weighted by Crippen LogP contribution is -2.81. The van der Waals surface area contributed by atoms with Gasteiger partial charge in [0.1, 0.15) is 0 Å². The Kier molecular flexibility index (Phi) is 18.9. The monoisotopic (exact) mass is 1390 g/mol. The lowest BCUT2D eigenvalue weighted by molar-refractivity contribution is -0.498. The van der Waals surface area contributed by atoms with Crippen molar-refractivity contribution in [2.45, 2.75) is 163 Å². The van der Waals surface area contributed by atoms with Gasteiger partial charge in [-0.1, -0.05) is 0 Å². The van der Waals surface area contributed by atoms with Crippen molar-refractivity contribution >= 4 is 17.7 Å². The Balaban J connectivity index is 4.08. The number of aliphatic imine (C=N–C) groups is 1. The standard InChI is InChI=1S/C35H13F47N2O2/c1-8-5-10(83-7-85)3-4-11(8)12(86)84-9(2)6-13(36,37)14(38,39)15(40,41)16(42,43)17(44,45)18(46,47)19(48,49)20(50,51)21(52,53)22(54,55)23(56,57)24(58,59)25(60,61)26(62,63)27(64,65)28(66,67)29(68,69)30(70,71)31(72,73)32(74,75)33(76,77)34(78,79)35(80,81)82/h3-5,9H,6H2,1-2H3,(H,84,86). The molecule has 86 heavy (non-hydrogen) atoms. The number of benzene rings is 1. The van der Waals surface area contributed by atoms with Crippen molar-refractivity contribution in [3.05, 3.63) is 29.3 Å². The van der Waals surface area contributed by atoms with E-state index in [9.17, 15) is 216 Å². The molecule has 0 saturated carbocycles. The van der Waals surface area contributed by atoms with Gasteiger partial charge >= 0.3 is 136 Å².